The van der Waals surface area contributed by atoms with Gasteiger partial charge in [0.15, 0.2) is 11.6 Å². The summed E-state index contributed by atoms with van der Waals surface area (Å²) in [5, 5.41) is 7.11. The maximum atomic E-state index is 13.6. The van der Waals surface area contributed by atoms with Crippen LogP contribution in [0.1, 0.15) is 23.6 Å². The Morgan fingerprint density at radius 2 is 2.27 bits per heavy atom. The van der Waals surface area contributed by atoms with Gasteiger partial charge >= 0.3 is 0 Å². The highest BCUT2D eigenvalue weighted by Crippen LogP contribution is 2.14. The molecule has 7 heteroatoms. The summed E-state index contributed by atoms with van der Waals surface area (Å²) < 4.78 is 28.5. The molecule has 1 aromatic heterocycles. The lowest BCUT2D eigenvalue weighted by molar-refractivity contribution is -0.121. The van der Waals surface area contributed by atoms with E-state index >= 15 is 0 Å². The van der Waals surface area contributed by atoms with Crippen LogP contribution < -0.4 is 5.32 Å². The number of carbonyl (C=O) groups excluding carboxylic acids is 1. The summed E-state index contributed by atoms with van der Waals surface area (Å²) in [4.78, 5) is 16.3. The highest BCUT2D eigenvalue weighted by molar-refractivity contribution is 5.78. The smallest absolute Gasteiger partial charge is 0.224 e. The predicted molar refractivity (Wildman–Crippen MR) is 75.1 cm³/mol. The third-order valence-corrected chi connectivity index (χ3v) is 3.71. The molecule has 0 saturated heterocycles. The average Bonchev–Trinajstić information content (AvgIpc) is 2.83. The van der Waals surface area contributed by atoms with Crippen molar-refractivity contribution in [3.05, 3.63) is 47.0 Å². The fraction of sp³-hybridized carbons (Fsp3) is 0.400. The van der Waals surface area contributed by atoms with E-state index in [2.05, 4.69) is 15.4 Å². The van der Waals surface area contributed by atoms with E-state index in [9.17, 15) is 13.6 Å². The van der Waals surface area contributed by atoms with E-state index < -0.39 is 11.6 Å². The highest BCUT2D eigenvalue weighted by atomic mass is 19.2. The molecule has 5 nitrogen and oxygen atoms in total. The zero-order valence-corrected chi connectivity index (χ0v) is 12.1. The number of hydrogen-bond acceptors (Lipinski definition) is 3. The van der Waals surface area contributed by atoms with Crippen LogP contribution in [-0.2, 0) is 24.2 Å². The summed E-state index contributed by atoms with van der Waals surface area (Å²) in [5.41, 5.74) is 0.0607. The van der Waals surface area contributed by atoms with Crippen LogP contribution in [0.3, 0.4) is 0 Å². The average molecular weight is 306 g/mol. The van der Waals surface area contributed by atoms with Crippen LogP contribution in [0.2, 0.25) is 0 Å². The van der Waals surface area contributed by atoms with E-state index in [4.69, 9.17) is 0 Å². The van der Waals surface area contributed by atoms with Crippen LogP contribution in [0.15, 0.2) is 18.2 Å². The molecular weight excluding hydrogens is 290 g/mol. The molecule has 1 N–H and O–H groups in total. The van der Waals surface area contributed by atoms with Crippen LogP contribution in [0.4, 0.5) is 8.78 Å². The highest BCUT2D eigenvalue weighted by Gasteiger charge is 2.22. The minimum atomic E-state index is -0.963. The van der Waals surface area contributed by atoms with E-state index in [1.807, 2.05) is 6.92 Å². The molecule has 1 aromatic carbocycles. The predicted octanol–water partition coefficient (Wildman–Crippen LogP) is 1.54. The van der Waals surface area contributed by atoms with Gasteiger partial charge < -0.3 is 5.32 Å². The second kappa shape index (κ2) is 5.82. The number of aryl methyl sites for hydroxylation is 2. The first-order valence-electron chi connectivity index (χ1n) is 7.15. The lowest BCUT2D eigenvalue weighted by Crippen LogP contribution is -2.42. The number of fused-ring (bicyclic) bond motifs is 1. The van der Waals surface area contributed by atoms with Gasteiger partial charge in [-0.3, -0.25) is 4.79 Å². The molecule has 22 heavy (non-hydrogen) atoms. The fourth-order valence-corrected chi connectivity index (χ4v) is 2.69. The van der Waals surface area contributed by atoms with Crippen molar-refractivity contribution in [1.29, 1.82) is 0 Å². The van der Waals surface area contributed by atoms with E-state index in [0.29, 0.717) is 12.4 Å². The third-order valence-electron chi connectivity index (χ3n) is 3.71. The van der Waals surface area contributed by atoms with Gasteiger partial charge in [0, 0.05) is 18.0 Å². The summed E-state index contributed by atoms with van der Waals surface area (Å²) in [5.74, 6) is -0.598. The van der Waals surface area contributed by atoms with Crippen molar-refractivity contribution < 1.29 is 13.6 Å². The summed E-state index contributed by atoms with van der Waals surface area (Å²) in [7, 11) is 0. The summed E-state index contributed by atoms with van der Waals surface area (Å²) in [6.07, 6.45) is 1.32. The number of nitrogens with one attached hydrogen (secondary N) is 1. The molecule has 0 saturated carbocycles. The van der Waals surface area contributed by atoms with Gasteiger partial charge in [-0.1, -0.05) is 12.1 Å². The number of benzene rings is 1. The normalized spacial score (nSPS) is 17.1. The van der Waals surface area contributed by atoms with Gasteiger partial charge in [0.05, 0.1) is 13.0 Å². The second-order valence-electron chi connectivity index (χ2n) is 5.45. The monoisotopic (exact) mass is 306 g/mol. The molecule has 0 bridgehead atoms. The van der Waals surface area contributed by atoms with Gasteiger partial charge in [-0.2, -0.15) is 5.10 Å². The largest absolute Gasteiger partial charge is 0.351 e. The van der Waals surface area contributed by atoms with Crippen molar-refractivity contribution in [2.45, 2.75) is 38.8 Å². The van der Waals surface area contributed by atoms with Crippen LogP contribution in [-0.4, -0.2) is 26.7 Å². The first-order valence-corrected chi connectivity index (χ1v) is 7.15. The summed E-state index contributed by atoms with van der Waals surface area (Å²) in [6, 6.07) is 3.77. The Balaban J connectivity index is 1.62. The molecule has 1 aliphatic rings. The molecule has 1 amide bonds. The van der Waals surface area contributed by atoms with Crippen molar-refractivity contribution in [1.82, 2.24) is 20.1 Å². The van der Waals surface area contributed by atoms with E-state index in [-0.39, 0.29) is 23.9 Å². The van der Waals surface area contributed by atoms with Crippen molar-refractivity contribution in [3.8, 4) is 0 Å². The molecule has 1 unspecified atom stereocenters. The molecule has 0 fully saturated rings. The Morgan fingerprint density at radius 3 is 3.09 bits per heavy atom. The lowest BCUT2D eigenvalue weighted by atomic mass is 10.1. The zero-order chi connectivity index (χ0) is 15.7. The zero-order valence-electron chi connectivity index (χ0n) is 12.1. The van der Waals surface area contributed by atoms with E-state index in [1.54, 1.807) is 4.68 Å². The number of aromatic nitrogens is 3. The number of nitrogens with zero attached hydrogens (tertiary/aromatic N) is 3. The maximum absolute atomic E-state index is 13.6. The molecule has 0 radical (unpaired) electrons. The van der Waals surface area contributed by atoms with Crippen LogP contribution >= 0.6 is 0 Å². The number of rotatable bonds is 3. The minimum Gasteiger partial charge on any atom is -0.351 e. The SMILES string of the molecule is Cc1nc2n(n1)CC(NC(=O)Cc1cccc(F)c1F)CC2. The first kappa shape index (κ1) is 14.6. The lowest BCUT2D eigenvalue weighted by Gasteiger charge is -2.23. The fourth-order valence-electron chi connectivity index (χ4n) is 2.69. The number of halogens is 2. The molecule has 0 aliphatic carbocycles. The maximum Gasteiger partial charge on any atom is 0.224 e. The molecule has 3 rings (SSSR count). The molecular formula is C15H16F2N4O. The van der Waals surface area contributed by atoms with Gasteiger partial charge in [-0.05, 0) is 19.4 Å². The van der Waals surface area contributed by atoms with Gasteiger partial charge in [0.1, 0.15) is 11.6 Å². The molecule has 2 heterocycles. The van der Waals surface area contributed by atoms with Crippen molar-refractivity contribution >= 4 is 5.91 Å². The number of hydrogen-bond donors (Lipinski definition) is 1. The standard InChI is InChI=1S/C15H16F2N4O/c1-9-18-13-6-5-11(8-21(13)20-9)19-14(22)7-10-3-2-4-12(16)15(10)17/h2-4,11H,5-8H2,1H3,(H,19,22). The quantitative estimate of drug-likeness (QED) is 0.936. The third kappa shape index (κ3) is 2.98. The van der Waals surface area contributed by atoms with Gasteiger partial charge in [0.25, 0.3) is 0 Å². The molecule has 1 atom stereocenters. The Bertz CT molecular complexity index is 714. The molecule has 116 valence electrons. The molecule has 2 aromatic rings. The Morgan fingerprint density at radius 1 is 1.45 bits per heavy atom. The van der Waals surface area contributed by atoms with Crippen molar-refractivity contribution in [2.75, 3.05) is 0 Å². The van der Waals surface area contributed by atoms with Crippen molar-refractivity contribution in [3.63, 3.8) is 0 Å². The molecule has 0 spiro atoms. The summed E-state index contributed by atoms with van der Waals surface area (Å²) >= 11 is 0. The second-order valence-corrected chi connectivity index (χ2v) is 5.45. The Hall–Kier alpha value is -2.31. The van der Waals surface area contributed by atoms with Crippen LogP contribution in [0.25, 0.3) is 0 Å². The Labute approximate surface area is 126 Å². The van der Waals surface area contributed by atoms with Crippen LogP contribution in [0.5, 0.6) is 0 Å². The van der Waals surface area contributed by atoms with E-state index in [0.717, 1.165) is 24.7 Å². The van der Waals surface area contributed by atoms with Gasteiger partial charge in [-0.15, -0.1) is 0 Å². The van der Waals surface area contributed by atoms with Crippen molar-refractivity contribution in [2.24, 2.45) is 0 Å². The van der Waals surface area contributed by atoms with Gasteiger partial charge in [0.2, 0.25) is 5.91 Å². The topological polar surface area (TPSA) is 59.8 Å². The summed E-state index contributed by atoms with van der Waals surface area (Å²) in [6.45, 7) is 2.37. The van der Waals surface area contributed by atoms with E-state index in [1.165, 1.54) is 12.1 Å². The van der Waals surface area contributed by atoms with Crippen LogP contribution in [0, 0.1) is 18.6 Å². The number of carbonyl (C=O) groups is 1. The minimum absolute atomic E-state index is 0.0607. The Kier molecular flexibility index (Phi) is 3.87. The first-order chi connectivity index (χ1) is 10.5. The van der Waals surface area contributed by atoms with Gasteiger partial charge in [-0.25, -0.2) is 18.4 Å². The molecule has 1 aliphatic heterocycles. The number of amides is 1.